The fraction of sp³-hybridized carbons (Fsp3) is 0.400. The van der Waals surface area contributed by atoms with Crippen LogP contribution in [0.3, 0.4) is 0 Å². The molecule has 4 rings (SSSR count). The second-order valence-electron chi connectivity index (χ2n) is 7.34. The highest BCUT2D eigenvalue weighted by Crippen LogP contribution is 2.41. The first-order valence-corrected chi connectivity index (χ1v) is 11.6. The van der Waals surface area contributed by atoms with Gasteiger partial charge in [-0.25, -0.2) is 8.42 Å². The third-order valence-corrected chi connectivity index (χ3v) is 8.39. The minimum Gasteiger partial charge on any atom is -0.274 e. The van der Waals surface area contributed by atoms with Gasteiger partial charge in [0.05, 0.1) is 22.8 Å². The molecule has 6 nitrogen and oxygen atoms in total. The molecule has 2 amide bonds. The summed E-state index contributed by atoms with van der Waals surface area (Å²) in [7, 11) is -3.72. The van der Waals surface area contributed by atoms with Crippen LogP contribution in [-0.2, 0) is 19.6 Å². The van der Waals surface area contributed by atoms with Gasteiger partial charge in [0.15, 0.2) is 0 Å². The van der Waals surface area contributed by atoms with Crippen LogP contribution < -0.4 is 0 Å². The van der Waals surface area contributed by atoms with E-state index in [0.717, 1.165) is 10.4 Å². The normalized spacial score (nSPS) is 24.0. The highest BCUT2D eigenvalue weighted by atomic mass is 32.2. The van der Waals surface area contributed by atoms with Crippen LogP contribution in [0.2, 0.25) is 0 Å². The van der Waals surface area contributed by atoms with Gasteiger partial charge < -0.3 is 0 Å². The monoisotopic (exact) mass is 418 g/mol. The van der Waals surface area contributed by atoms with Gasteiger partial charge in [0.25, 0.3) is 0 Å². The van der Waals surface area contributed by atoms with Gasteiger partial charge in [-0.3, -0.25) is 14.5 Å². The van der Waals surface area contributed by atoms with Crippen LogP contribution in [0.25, 0.3) is 0 Å². The smallest absolute Gasteiger partial charge is 0.243 e. The molecule has 0 N–H and O–H groups in total. The van der Waals surface area contributed by atoms with Crippen molar-refractivity contribution in [3.05, 3.63) is 52.2 Å². The van der Waals surface area contributed by atoms with Crippen molar-refractivity contribution in [2.24, 2.45) is 11.8 Å². The van der Waals surface area contributed by atoms with E-state index < -0.39 is 21.9 Å². The number of aryl methyl sites for hydroxylation is 1. The summed E-state index contributed by atoms with van der Waals surface area (Å²) >= 11 is 1.53. The van der Waals surface area contributed by atoms with E-state index in [1.807, 2.05) is 37.4 Å². The highest BCUT2D eigenvalue weighted by Gasteiger charge is 2.56. The summed E-state index contributed by atoms with van der Waals surface area (Å²) in [5, 5.41) is 1.93. The molecule has 0 spiro atoms. The van der Waals surface area contributed by atoms with Gasteiger partial charge in [-0.2, -0.15) is 4.31 Å². The van der Waals surface area contributed by atoms with Gasteiger partial charge in [-0.05, 0) is 42.5 Å². The van der Waals surface area contributed by atoms with Crippen molar-refractivity contribution in [1.29, 1.82) is 0 Å². The first-order chi connectivity index (χ1) is 13.3. The van der Waals surface area contributed by atoms with Gasteiger partial charge >= 0.3 is 0 Å². The maximum atomic E-state index is 13.0. The Hall–Kier alpha value is -2.03. The highest BCUT2D eigenvalue weighted by molar-refractivity contribution is 7.89. The third-order valence-electron chi connectivity index (χ3n) is 5.59. The Morgan fingerprint density at radius 3 is 2.32 bits per heavy atom. The largest absolute Gasteiger partial charge is 0.274 e. The maximum Gasteiger partial charge on any atom is 0.243 e. The van der Waals surface area contributed by atoms with Crippen LogP contribution in [0.15, 0.2) is 46.7 Å². The van der Waals surface area contributed by atoms with E-state index in [2.05, 4.69) is 0 Å². The molecule has 148 valence electrons. The number of rotatable bonds is 5. The summed E-state index contributed by atoms with van der Waals surface area (Å²) in [6.45, 7) is 3.90. The van der Waals surface area contributed by atoms with E-state index >= 15 is 0 Å². The molecular formula is C20H22N2O4S2. The zero-order valence-electron chi connectivity index (χ0n) is 15.7. The molecule has 0 aliphatic carbocycles. The Bertz CT molecular complexity index is 993. The molecule has 2 aliphatic heterocycles. The van der Waals surface area contributed by atoms with Crippen molar-refractivity contribution in [3.8, 4) is 0 Å². The van der Waals surface area contributed by atoms with Crippen molar-refractivity contribution in [2.45, 2.75) is 31.2 Å². The van der Waals surface area contributed by atoms with Gasteiger partial charge in [0, 0.05) is 18.0 Å². The number of nitrogens with zero attached hydrogens (tertiary/aromatic N) is 2. The number of amides is 2. The molecule has 1 aromatic carbocycles. The van der Waals surface area contributed by atoms with Crippen molar-refractivity contribution in [3.63, 3.8) is 0 Å². The van der Waals surface area contributed by atoms with Crippen LogP contribution in [0, 0.1) is 18.8 Å². The third kappa shape index (κ3) is 3.00. The molecule has 2 aliphatic rings. The maximum absolute atomic E-state index is 13.0. The lowest BCUT2D eigenvalue weighted by molar-refractivity contribution is -0.143. The summed E-state index contributed by atoms with van der Waals surface area (Å²) in [5.41, 5.74) is 0.848. The van der Waals surface area contributed by atoms with Gasteiger partial charge in [0.1, 0.15) is 0 Å². The lowest BCUT2D eigenvalue weighted by atomic mass is 10.00. The molecule has 1 aromatic heterocycles. The summed E-state index contributed by atoms with van der Waals surface area (Å²) in [4.78, 5) is 28.6. The van der Waals surface area contributed by atoms with Crippen molar-refractivity contribution in [2.75, 3.05) is 13.1 Å². The average molecular weight is 419 g/mol. The van der Waals surface area contributed by atoms with E-state index in [-0.39, 0.29) is 35.8 Å². The number of fused-ring (bicyclic) bond motifs is 1. The van der Waals surface area contributed by atoms with Crippen molar-refractivity contribution >= 4 is 33.2 Å². The molecule has 0 bridgehead atoms. The standard InChI is InChI=1S/C20H22N2O4S2/c1-3-17(18-8-5-9-27-18)22-19(23)15-11-21(12-16(15)20(22)24)28(25,26)14-7-4-6-13(2)10-14/h4-10,15-17H,3,11-12H2,1-2H3/t15-,16+,17?. The van der Waals surface area contributed by atoms with Gasteiger partial charge in [-0.1, -0.05) is 25.1 Å². The SMILES string of the molecule is CCC(c1cccs1)N1C(=O)[C@H]2CN(S(=O)(=O)c3cccc(C)c3)C[C@H]2C1=O. The fourth-order valence-corrected chi connectivity index (χ4v) is 6.65. The van der Waals surface area contributed by atoms with Gasteiger partial charge in [0.2, 0.25) is 21.8 Å². The predicted molar refractivity (Wildman–Crippen MR) is 106 cm³/mol. The molecule has 3 atom stereocenters. The quantitative estimate of drug-likeness (QED) is 0.700. The molecule has 1 unspecified atom stereocenters. The minimum atomic E-state index is -3.72. The number of thiophene rings is 1. The lowest BCUT2D eigenvalue weighted by Crippen LogP contribution is -2.39. The number of hydrogen-bond donors (Lipinski definition) is 0. The number of hydrogen-bond acceptors (Lipinski definition) is 5. The molecule has 3 heterocycles. The lowest BCUT2D eigenvalue weighted by Gasteiger charge is -2.26. The Labute approximate surface area is 168 Å². The predicted octanol–water partition coefficient (Wildman–Crippen LogP) is 2.81. The van der Waals surface area contributed by atoms with E-state index in [0.29, 0.717) is 6.42 Å². The van der Waals surface area contributed by atoms with E-state index in [4.69, 9.17) is 0 Å². The van der Waals surface area contributed by atoms with E-state index in [9.17, 15) is 18.0 Å². The van der Waals surface area contributed by atoms with Crippen LogP contribution >= 0.6 is 11.3 Å². The van der Waals surface area contributed by atoms with E-state index in [1.165, 1.54) is 20.5 Å². The number of carbonyl (C=O) groups is 2. The molecule has 8 heteroatoms. The summed E-state index contributed by atoms with van der Waals surface area (Å²) < 4.78 is 27.2. The Morgan fingerprint density at radius 1 is 1.11 bits per heavy atom. The zero-order chi connectivity index (χ0) is 20.1. The topological polar surface area (TPSA) is 74.8 Å². The number of benzene rings is 1. The zero-order valence-corrected chi connectivity index (χ0v) is 17.4. The molecule has 0 saturated carbocycles. The van der Waals surface area contributed by atoms with Crippen molar-refractivity contribution in [1.82, 2.24) is 9.21 Å². The molecule has 0 radical (unpaired) electrons. The summed E-state index contributed by atoms with van der Waals surface area (Å²) in [5.74, 6) is -1.70. The van der Waals surface area contributed by atoms with Gasteiger partial charge in [-0.15, -0.1) is 11.3 Å². The number of likely N-dealkylation sites (tertiary alicyclic amines) is 1. The van der Waals surface area contributed by atoms with Crippen LogP contribution in [0.5, 0.6) is 0 Å². The first kappa shape index (κ1) is 19.3. The minimum absolute atomic E-state index is 0.0584. The Kier molecular flexibility index (Phi) is 4.89. The molecule has 2 aromatic rings. The van der Waals surface area contributed by atoms with Crippen LogP contribution in [0.4, 0.5) is 0 Å². The molecule has 2 saturated heterocycles. The fourth-order valence-electron chi connectivity index (χ4n) is 4.15. The summed E-state index contributed by atoms with van der Waals surface area (Å²) in [6, 6.07) is 10.3. The second-order valence-corrected chi connectivity index (χ2v) is 10.3. The number of carbonyl (C=O) groups excluding carboxylic acids is 2. The Balaban J connectivity index is 1.59. The Morgan fingerprint density at radius 2 is 1.79 bits per heavy atom. The molecule has 28 heavy (non-hydrogen) atoms. The number of imide groups is 1. The van der Waals surface area contributed by atoms with Crippen molar-refractivity contribution < 1.29 is 18.0 Å². The van der Waals surface area contributed by atoms with Crippen LogP contribution in [-0.4, -0.2) is 42.5 Å². The number of sulfonamides is 1. The summed E-state index contributed by atoms with van der Waals surface area (Å²) in [6.07, 6.45) is 0.642. The van der Waals surface area contributed by atoms with Crippen LogP contribution in [0.1, 0.15) is 29.8 Å². The molecule has 2 fully saturated rings. The second kappa shape index (κ2) is 7.09. The first-order valence-electron chi connectivity index (χ1n) is 9.31. The van der Waals surface area contributed by atoms with E-state index in [1.54, 1.807) is 18.2 Å². The molecular weight excluding hydrogens is 396 g/mol. The average Bonchev–Trinajstić information content (AvgIpc) is 3.38.